The monoisotopic (exact) mass is 444 g/mol. The maximum Gasteiger partial charge on any atom is 0.319 e. The standard InChI is InChI=1S/C25H21ClN4O2/c26-21-6-5-20(24(13-21)19-4-2-12-28-16-19)17-32-23-9-7-22(8-10-23)30-25(31)29-15-18-3-1-11-27-14-18/h1-14,16H,15,17H2,(H2,29,30,31). The summed E-state index contributed by atoms with van der Waals surface area (Å²) in [4.78, 5) is 20.3. The molecular formula is C25H21ClN4O2. The summed E-state index contributed by atoms with van der Waals surface area (Å²) in [6, 6.07) is 20.3. The van der Waals surface area contributed by atoms with Crippen LogP contribution in [0.4, 0.5) is 10.5 Å². The second-order valence-electron chi connectivity index (χ2n) is 7.03. The van der Waals surface area contributed by atoms with Crippen LogP contribution in [0.25, 0.3) is 11.1 Å². The van der Waals surface area contributed by atoms with Crippen molar-refractivity contribution < 1.29 is 9.53 Å². The summed E-state index contributed by atoms with van der Waals surface area (Å²) in [5.41, 5.74) is 4.56. The van der Waals surface area contributed by atoms with Crippen LogP contribution in [0, 0.1) is 0 Å². The Balaban J connectivity index is 1.34. The lowest BCUT2D eigenvalue weighted by atomic mass is 10.0. The number of hydrogen-bond acceptors (Lipinski definition) is 4. The first-order chi connectivity index (χ1) is 15.7. The molecule has 0 unspecified atom stereocenters. The topological polar surface area (TPSA) is 76.1 Å². The van der Waals surface area contributed by atoms with Crippen LogP contribution in [-0.2, 0) is 13.2 Å². The second kappa shape index (κ2) is 10.4. The predicted octanol–water partition coefficient (Wildman–Crippen LogP) is 5.70. The predicted molar refractivity (Wildman–Crippen MR) is 126 cm³/mol. The highest BCUT2D eigenvalue weighted by Gasteiger charge is 2.08. The summed E-state index contributed by atoms with van der Waals surface area (Å²) in [6.07, 6.45) is 6.95. The van der Waals surface area contributed by atoms with Crippen molar-refractivity contribution in [2.24, 2.45) is 0 Å². The van der Waals surface area contributed by atoms with Crippen molar-refractivity contribution >= 4 is 23.3 Å². The van der Waals surface area contributed by atoms with Gasteiger partial charge in [-0.3, -0.25) is 9.97 Å². The number of nitrogens with zero attached hydrogens (tertiary/aromatic N) is 2. The van der Waals surface area contributed by atoms with E-state index in [0.717, 1.165) is 22.3 Å². The molecule has 0 spiro atoms. The highest BCUT2D eigenvalue weighted by molar-refractivity contribution is 6.30. The smallest absolute Gasteiger partial charge is 0.319 e. The maximum absolute atomic E-state index is 12.1. The van der Waals surface area contributed by atoms with Gasteiger partial charge in [0.1, 0.15) is 12.4 Å². The minimum absolute atomic E-state index is 0.287. The van der Waals surface area contributed by atoms with Crippen molar-refractivity contribution in [2.75, 3.05) is 5.32 Å². The lowest BCUT2D eigenvalue weighted by Crippen LogP contribution is -2.28. The van der Waals surface area contributed by atoms with E-state index < -0.39 is 0 Å². The number of pyridine rings is 2. The average molecular weight is 445 g/mol. The van der Waals surface area contributed by atoms with E-state index in [1.165, 1.54) is 0 Å². The third-order valence-electron chi connectivity index (χ3n) is 4.73. The van der Waals surface area contributed by atoms with Crippen molar-refractivity contribution in [2.45, 2.75) is 13.2 Å². The Morgan fingerprint density at radius 1 is 0.938 bits per heavy atom. The Hall–Kier alpha value is -3.90. The molecule has 2 aromatic heterocycles. The number of amides is 2. The molecule has 0 aliphatic rings. The maximum atomic E-state index is 12.1. The molecule has 0 atom stereocenters. The van der Waals surface area contributed by atoms with Crippen LogP contribution in [0.15, 0.2) is 91.5 Å². The highest BCUT2D eigenvalue weighted by Crippen LogP contribution is 2.28. The Labute approximate surface area is 191 Å². The van der Waals surface area contributed by atoms with Crippen LogP contribution in [0.3, 0.4) is 0 Å². The van der Waals surface area contributed by atoms with Gasteiger partial charge in [0.15, 0.2) is 0 Å². The molecule has 4 aromatic rings. The minimum atomic E-state index is -0.287. The summed E-state index contributed by atoms with van der Waals surface area (Å²) < 4.78 is 5.96. The zero-order valence-corrected chi connectivity index (χ0v) is 17.9. The van der Waals surface area contributed by atoms with Crippen molar-refractivity contribution in [1.29, 1.82) is 0 Å². The Bertz CT molecular complexity index is 1170. The zero-order chi connectivity index (χ0) is 22.2. The molecule has 32 heavy (non-hydrogen) atoms. The molecule has 0 aliphatic carbocycles. The van der Waals surface area contributed by atoms with E-state index in [1.807, 2.05) is 54.6 Å². The molecule has 2 N–H and O–H groups in total. The summed E-state index contributed by atoms with van der Waals surface area (Å²) in [5, 5.41) is 6.26. The van der Waals surface area contributed by atoms with Gasteiger partial charge in [0.25, 0.3) is 0 Å². The van der Waals surface area contributed by atoms with Crippen molar-refractivity contribution in [3.63, 3.8) is 0 Å². The third-order valence-corrected chi connectivity index (χ3v) is 4.96. The van der Waals surface area contributed by atoms with E-state index in [0.29, 0.717) is 29.6 Å². The number of hydrogen-bond donors (Lipinski definition) is 2. The number of aromatic nitrogens is 2. The molecule has 6 nitrogen and oxygen atoms in total. The van der Waals surface area contributed by atoms with E-state index >= 15 is 0 Å². The first-order valence-electron chi connectivity index (χ1n) is 10.0. The molecule has 0 saturated heterocycles. The van der Waals surface area contributed by atoms with Crippen LogP contribution in [0.5, 0.6) is 5.75 Å². The lowest BCUT2D eigenvalue weighted by Gasteiger charge is -2.12. The van der Waals surface area contributed by atoms with Gasteiger partial charge in [-0.2, -0.15) is 0 Å². The molecular weight excluding hydrogens is 424 g/mol. The molecule has 0 fully saturated rings. The Kier molecular flexibility index (Phi) is 6.94. The number of anilines is 1. The van der Waals surface area contributed by atoms with E-state index in [9.17, 15) is 4.79 Å². The summed E-state index contributed by atoms with van der Waals surface area (Å²) in [6.45, 7) is 0.779. The molecule has 7 heteroatoms. The van der Waals surface area contributed by atoms with Gasteiger partial charge < -0.3 is 15.4 Å². The average Bonchev–Trinajstić information content (AvgIpc) is 2.84. The number of benzene rings is 2. The van der Waals surface area contributed by atoms with E-state index in [2.05, 4.69) is 20.6 Å². The SMILES string of the molecule is O=C(NCc1cccnc1)Nc1ccc(OCc2ccc(Cl)cc2-c2cccnc2)cc1. The fourth-order valence-corrected chi connectivity index (χ4v) is 3.29. The summed E-state index contributed by atoms with van der Waals surface area (Å²) >= 11 is 6.20. The fraction of sp³-hybridized carbons (Fsp3) is 0.0800. The summed E-state index contributed by atoms with van der Waals surface area (Å²) in [5.74, 6) is 0.693. The van der Waals surface area contributed by atoms with Crippen LogP contribution in [-0.4, -0.2) is 16.0 Å². The third kappa shape index (κ3) is 5.83. The van der Waals surface area contributed by atoms with Gasteiger partial charge in [-0.1, -0.05) is 29.8 Å². The number of halogens is 1. The van der Waals surface area contributed by atoms with Crippen LogP contribution in [0.1, 0.15) is 11.1 Å². The zero-order valence-electron chi connectivity index (χ0n) is 17.2. The van der Waals surface area contributed by atoms with Gasteiger partial charge in [-0.05, 0) is 65.2 Å². The van der Waals surface area contributed by atoms with Crippen molar-refractivity contribution in [3.05, 3.63) is 108 Å². The second-order valence-corrected chi connectivity index (χ2v) is 7.46. The Morgan fingerprint density at radius 2 is 1.72 bits per heavy atom. The molecule has 0 saturated carbocycles. The molecule has 0 bridgehead atoms. The van der Waals surface area contributed by atoms with Crippen LogP contribution in [0.2, 0.25) is 5.02 Å². The van der Waals surface area contributed by atoms with E-state index in [-0.39, 0.29) is 6.03 Å². The van der Waals surface area contributed by atoms with E-state index in [1.54, 1.807) is 36.9 Å². The van der Waals surface area contributed by atoms with Gasteiger partial charge >= 0.3 is 6.03 Å². The van der Waals surface area contributed by atoms with Crippen LogP contribution < -0.4 is 15.4 Å². The van der Waals surface area contributed by atoms with Gasteiger partial charge in [0.05, 0.1) is 0 Å². The molecule has 2 heterocycles. The number of ether oxygens (including phenoxy) is 1. The normalized spacial score (nSPS) is 10.4. The van der Waals surface area contributed by atoms with Gasteiger partial charge in [-0.15, -0.1) is 0 Å². The number of carbonyl (C=O) groups excluding carboxylic acids is 1. The largest absolute Gasteiger partial charge is 0.489 e. The molecule has 2 aromatic carbocycles. The van der Waals surface area contributed by atoms with Gasteiger partial charge in [-0.25, -0.2) is 4.79 Å². The lowest BCUT2D eigenvalue weighted by molar-refractivity contribution is 0.251. The molecule has 4 rings (SSSR count). The Morgan fingerprint density at radius 3 is 2.44 bits per heavy atom. The molecule has 2 amide bonds. The molecule has 160 valence electrons. The number of urea groups is 1. The molecule has 0 radical (unpaired) electrons. The van der Waals surface area contributed by atoms with Gasteiger partial charge in [0, 0.05) is 47.6 Å². The number of nitrogens with one attached hydrogen (secondary N) is 2. The van der Waals surface area contributed by atoms with Crippen LogP contribution >= 0.6 is 11.6 Å². The van der Waals surface area contributed by atoms with Crippen molar-refractivity contribution in [1.82, 2.24) is 15.3 Å². The first kappa shape index (κ1) is 21.3. The number of rotatable bonds is 7. The first-order valence-corrected chi connectivity index (χ1v) is 10.4. The quantitative estimate of drug-likeness (QED) is 0.383. The highest BCUT2D eigenvalue weighted by atomic mass is 35.5. The molecule has 0 aliphatic heterocycles. The number of carbonyl (C=O) groups is 1. The van der Waals surface area contributed by atoms with Crippen molar-refractivity contribution in [3.8, 4) is 16.9 Å². The van der Waals surface area contributed by atoms with E-state index in [4.69, 9.17) is 16.3 Å². The fourth-order valence-electron chi connectivity index (χ4n) is 3.12. The van der Waals surface area contributed by atoms with Gasteiger partial charge in [0.2, 0.25) is 0 Å². The summed E-state index contributed by atoms with van der Waals surface area (Å²) in [7, 11) is 0. The minimum Gasteiger partial charge on any atom is -0.489 e.